The first-order chi connectivity index (χ1) is 16.7. The predicted molar refractivity (Wildman–Crippen MR) is 134 cm³/mol. The minimum Gasteiger partial charge on any atom is -0.489 e. The van der Waals surface area contributed by atoms with E-state index in [1.165, 1.54) is 12.1 Å². The van der Waals surface area contributed by atoms with E-state index < -0.39 is 21.5 Å². The van der Waals surface area contributed by atoms with Gasteiger partial charge in [-0.25, -0.2) is 13.1 Å². The molecule has 1 saturated heterocycles. The number of fused-ring (bicyclic) bond motifs is 1. The van der Waals surface area contributed by atoms with Crippen molar-refractivity contribution in [3.63, 3.8) is 0 Å². The first-order valence-electron chi connectivity index (χ1n) is 11.8. The Hall–Kier alpha value is -3.01. The monoisotopic (exact) mass is 497 g/mol. The van der Waals surface area contributed by atoms with Crippen LogP contribution in [0.3, 0.4) is 0 Å². The van der Waals surface area contributed by atoms with Crippen LogP contribution >= 0.6 is 0 Å². The molecule has 0 radical (unpaired) electrons. The van der Waals surface area contributed by atoms with Gasteiger partial charge in [-0.3, -0.25) is 14.7 Å². The molecular formula is C26H31N3O5S. The lowest BCUT2D eigenvalue weighted by Crippen LogP contribution is -2.60. The van der Waals surface area contributed by atoms with Gasteiger partial charge in [0.05, 0.1) is 10.4 Å². The molecule has 0 saturated carbocycles. The van der Waals surface area contributed by atoms with E-state index >= 15 is 0 Å². The lowest BCUT2D eigenvalue weighted by Gasteiger charge is -2.40. The van der Waals surface area contributed by atoms with Gasteiger partial charge in [0, 0.05) is 23.2 Å². The maximum absolute atomic E-state index is 12.9. The van der Waals surface area contributed by atoms with Gasteiger partial charge in [-0.05, 0) is 76.2 Å². The summed E-state index contributed by atoms with van der Waals surface area (Å²) in [5.74, 6) is -0.504. The number of aromatic nitrogens is 1. The molecule has 1 atom stereocenters. The molecule has 9 heteroatoms. The number of pyridine rings is 1. The lowest BCUT2D eigenvalue weighted by molar-refractivity contribution is -0.150. The maximum Gasteiger partial charge on any atom is 0.325 e. The number of carbonyl (C=O) groups is 1. The standard InChI is InChI=1S/C26H31N3O5S/c1-19-16-20(23-8-4-5-9-24(23)28-19)17-34-21-10-12-22(13-11-21)35(32,33)27-18-26(2,25(30)31)29-14-6-3-7-15-29/h4-5,8-13,16,27H,3,6-7,14-15,17-18H2,1-2H3,(H,30,31)/t26-/m0/s1. The van der Waals surface area contributed by atoms with Crippen molar-refractivity contribution >= 4 is 26.9 Å². The number of aliphatic carboxylic acids is 1. The van der Waals surface area contributed by atoms with E-state index in [0.29, 0.717) is 25.4 Å². The number of benzene rings is 2. The second-order valence-corrected chi connectivity index (χ2v) is 10.9. The van der Waals surface area contributed by atoms with Gasteiger partial charge >= 0.3 is 5.97 Å². The molecule has 2 N–H and O–H groups in total. The number of nitrogens with one attached hydrogen (secondary N) is 1. The average molecular weight is 498 g/mol. The highest BCUT2D eigenvalue weighted by molar-refractivity contribution is 7.89. The summed E-state index contributed by atoms with van der Waals surface area (Å²) < 4.78 is 34.2. The van der Waals surface area contributed by atoms with E-state index in [1.54, 1.807) is 19.1 Å². The summed E-state index contributed by atoms with van der Waals surface area (Å²) in [6.45, 7) is 4.90. The number of ether oxygens (including phenoxy) is 1. The van der Waals surface area contributed by atoms with Crippen LogP contribution < -0.4 is 9.46 Å². The minimum atomic E-state index is -3.89. The van der Waals surface area contributed by atoms with Gasteiger partial charge in [0.2, 0.25) is 10.0 Å². The Bertz CT molecular complexity index is 1300. The predicted octanol–water partition coefficient (Wildman–Crippen LogP) is 3.73. The van der Waals surface area contributed by atoms with E-state index in [2.05, 4.69) is 9.71 Å². The van der Waals surface area contributed by atoms with Gasteiger partial charge in [-0.1, -0.05) is 24.6 Å². The molecule has 4 rings (SSSR count). The van der Waals surface area contributed by atoms with E-state index in [-0.39, 0.29) is 11.4 Å². The smallest absolute Gasteiger partial charge is 0.325 e. The summed E-state index contributed by atoms with van der Waals surface area (Å²) in [7, 11) is -3.89. The Balaban J connectivity index is 1.43. The zero-order valence-corrected chi connectivity index (χ0v) is 20.8. The van der Waals surface area contributed by atoms with Gasteiger partial charge in [-0.15, -0.1) is 0 Å². The number of piperidine rings is 1. The molecule has 2 heterocycles. The third-order valence-corrected chi connectivity index (χ3v) is 8.00. The molecule has 0 aliphatic carbocycles. The van der Waals surface area contributed by atoms with Crippen molar-refractivity contribution in [1.29, 1.82) is 0 Å². The van der Waals surface area contributed by atoms with E-state index in [1.807, 2.05) is 42.2 Å². The summed E-state index contributed by atoms with van der Waals surface area (Å²) in [5.41, 5.74) is 1.49. The lowest BCUT2D eigenvalue weighted by atomic mass is 9.97. The second kappa shape index (κ2) is 10.3. The number of para-hydroxylation sites is 1. The van der Waals surface area contributed by atoms with Crippen LogP contribution in [0.4, 0.5) is 0 Å². The van der Waals surface area contributed by atoms with Crippen LogP contribution in [0.5, 0.6) is 5.75 Å². The fraction of sp³-hybridized carbons (Fsp3) is 0.385. The van der Waals surface area contributed by atoms with Crippen molar-refractivity contribution in [2.75, 3.05) is 19.6 Å². The number of sulfonamides is 1. The molecule has 1 fully saturated rings. The molecule has 35 heavy (non-hydrogen) atoms. The van der Waals surface area contributed by atoms with Crippen LogP contribution in [0.25, 0.3) is 10.9 Å². The third kappa shape index (κ3) is 5.63. The normalized spacial score (nSPS) is 16.6. The molecular weight excluding hydrogens is 466 g/mol. The highest BCUT2D eigenvalue weighted by atomic mass is 32.2. The molecule has 8 nitrogen and oxygen atoms in total. The number of carboxylic acid groups (broad SMARTS) is 1. The second-order valence-electron chi connectivity index (χ2n) is 9.15. The third-order valence-electron chi connectivity index (χ3n) is 6.58. The van der Waals surface area contributed by atoms with Crippen molar-refractivity contribution in [2.45, 2.75) is 50.2 Å². The SMILES string of the molecule is Cc1cc(COc2ccc(S(=O)(=O)NC[C@@](C)(C(=O)O)N3CCCCC3)cc2)c2ccccc2n1. The number of hydrogen-bond acceptors (Lipinski definition) is 6. The topological polar surface area (TPSA) is 109 Å². The van der Waals surface area contributed by atoms with Crippen LogP contribution in [0.15, 0.2) is 59.5 Å². The van der Waals surface area contributed by atoms with E-state index in [9.17, 15) is 18.3 Å². The van der Waals surface area contributed by atoms with Gasteiger partial charge in [-0.2, -0.15) is 0 Å². The molecule has 2 aromatic carbocycles. The van der Waals surface area contributed by atoms with Crippen LogP contribution in [-0.4, -0.2) is 54.6 Å². The summed E-state index contributed by atoms with van der Waals surface area (Å²) >= 11 is 0. The molecule has 3 aromatic rings. The average Bonchev–Trinajstić information content (AvgIpc) is 2.86. The Labute approximate surface area is 206 Å². The van der Waals surface area contributed by atoms with Crippen molar-refractivity contribution in [3.05, 3.63) is 65.9 Å². The maximum atomic E-state index is 12.9. The first-order valence-corrected chi connectivity index (χ1v) is 13.2. The molecule has 0 unspecified atom stereocenters. The number of likely N-dealkylation sites (tertiary alicyclic amines) is 1. The summed E-state index contributed by atoms with van der Waals surface area (Å²) in [6, 6.07) is 16.0. The Morgan fingerprint density at radius 1 is 1.11 bits per heavy atom. The van der Waals surface area contributed by atoms with Crippen molar-refractivity contribution in [3.8, 4) is 5.75 Å². The zero-order valence-electron chi connectivity index (χ0n) is 20.0. The van der Waals surface area contributed by atoms with Crippen LogP contribution in [-0.2, 0) is 21.4 Å². The van der Waals surface area contributed by atoms with Gasteiger partial charge < -0.3 is 9.84 Å². The van der Waals surface area contributed by atoms with Crippen LogP contribution in [0.2, 0.25) is 0 Å². The Kier molecular flexibility index (Phi) is 7.39. The van der Waals surface area contributed by atoms with Crippen molar-refractivity contribution in [1.82, 2.24) is 14.6 Å². The quantitative estimate of drug-likeness (QED) is 0.464. The van der Waals surface area contributed by atoms with Gasteiger partial charge in [0.1, 0.15) is 17.9 Å². The number of carboxylic acids is 1. The molecule has 186 valence electrons. The molecule has 1 aliphatic heterocycles. The molecule has 1 aliphatic rings. The van der Waals surface area contributed by atoms with Gasteiger partial charge in [0.25, 0.3) is 0 Å². The zero-order chi connectivity index (χ0) is 25.1. The fourth-order valence-corrected chi connectivity index (χ4v) is 5.55. The number of rotatable bonds is 9. The molecule has 1 aromatic heterocycles. The van der Waals surface area contributed by atoms with Crippen molar-refractivity contribution in [2.24, 2.45) is 0 Å². The largest absolute Gasteiger partial charge is 0.489 e. The molecule has 0 spiro atoms. The Morgan fingerprint density at radius 2 is 1.80 bits per heavy atom. The summed E-state index contributed by atoms with van der Waals surface area (Å²) in [6.07, 6.45) is 2.88. The summed E-state index contributed by atoms with van der Waals surface area (Å²) in [4.78, 5) is 18.5. The Morgan fingerprint density at radius 3 is 2.49 bits per heavy atom. The van der Waals surface area contributed by atoms with Crippen LogP contribution in [0.1, 0.15) is 37.4 Å². The van der Waals surface area contributed by atoms with Gasteiger partial charge in [0.15, 0.2) is 0 Å². The molecule has 0 bridgehead atoms. The highest BCUT2D eigenvalue weighted by Crippen LogP contribution is 2.24. The number of aryl methyl sites for hydroxylation is 1. The van der Waals surface area contributed by atoms with Crippen molar-refractivity contribution < 1.29 is 23.1 Å². The van der Waals surface area contributed by atoms with Crippen LogP contribution in [0, 0.1) is 6.92 Å². The van der Waals surface area contributed by atoms with E-state index in [0.717, 1.165) is 41.4 Å². The fourth-order valence-electron chi connectivity index (χ4n) is 4.42. The number of nitrogens with zero attached hydrogens (tertiary/aromatic N) is 2. The minimum absolute atomic E-state index is 0.0569. The number of hydrogen-bond donors (Lipinski definition) is 2. The van der Waals surface area contributed by atoms with E-state index in [4.69, 9.17) is 4.74 Å². The summed E-state index contributed by atoms with van der Waals surface area (Å²) in [5, 5.41) is 10.8. The molecule has 0 amide bonds. The highest BCUT2D eigenvalue weighted by Gasteiger charge is 2.41. The first kappa shape index (κ1) is 25.1.